The first-order valence-corrected chi connectivity index (χ1v) is 8.51. The lowest BCUT2D eigenvalue weighted by atomic mass is 10.2. The molecule has 1 amide bonds. The Balaban J connectivity index is 3.05. The maximum absolute atomic E-state index is 14.0. The Morgan fingerprint density at radius 2 is 2.05 bits per heavy atom. The van der Waals surface area contributed by atoms with Crippen LogP contribution in [-0.2, 0) is 14.3 Å². The molecule has 1 N–H and O–H groups in total. The number of methoxy groups -OCH3 is 1. The third-order valence-corrected chi connectivity index (χ3v) is 5.23. The quantitative estimate of drug-likeness (QED) is 0.582. The van der Waals surface area contributed by atoms with Crippen LogP contribution in [0.2, 0.25) is 0 Å². The minimum atomic E-state index is -0.531. The summed E-state index contributed by atoms with van der Waals surface area (Å²) < 4.78 is 19.2. The highest BCUT2D eigenvalue weighted by molar-refractivity contribution is 9.10. The minimum absolute atomic E-state index is 0.101. The highest BCUT2D eigenvalue weighted by Crippen LogP contribution is 2.36. The Labute approximate surface area is 142 Å². The molecule has 0 aliphatic carbocycles. The minimum Gasteiger partial charge on any atom is -0.468 e. The molecule has 0 spiro atoms. The molecule has 1 aromatic carbocycles. The molecule has 0 aromatic heterocycles. The molecule has 0 radical (unpaired) electrons. The van der Waals surface area contributed by atoms with E-state index in [1.165, 1.54) is 31.0 Å². The van der Waals surface area contributed by atoms with Gasteiger partial charge in [0.15, 0.2) is 0 Å². The number of esters is 1. The summed E-state index contributed by atoms with van der Waals surface area (Å²) in [6.07, 6.45) is 0.578. The van der Waals surface area contributed by atoms with Gasteiger partial charge in [0, 0.05) is 15.3 Å². The number of ether oxygens (including phenoxy) is 1. The first-order valence-electron chi connectivity index (χ1n) is 6.84. The third-order valence-electron chi connectivity index (χ3n) is 2.91. The number of amides is 1. The summed E-state index contributed by atoms with van der Waals surface area (Å²) in [7, 11) is 1.33. The maximum Gasteiger partial charge on any atom is 0.319 e. The number of nitrogens with one attached hydrogen (secondary N) is 1. The molecule has 0 heterocycles. The van der Waals surface area contributed by atoms with Gasteiger partial charge >= 0.3 is 5.97 Å². The Morgan fingerprint density at radius 3 is 2.55 bits per heavy atom. The summed E-state index contributed by atoms with van der Waals surface area (Å²) in [4.78, 5) is 24.1. The predicted molar refractivity (Wildman–Crippen MR) is 89.5 cm³/mol. The van der Waals surface area contributed by atoms with Gasteiger partial charge in [-0.3, -0.25) is 9.59 Å². The Bertz CT molecular complexity index is 566. The number of carbonyl (C=O) groups excluding carboxylic acids is 2. The molecule has 1 rings (SSSR count). The van der Waals surface area contributed by atoms with Crippen molar-refractivity contribution in [2.24, 2.45) is 5.92 Å². The molecule has 7 heteroatoms. The van der Waals surface area contributed by atoms with E-state index < -0.39 is 5.82 Å². The normalized spacial score (nSPS) is 12.1. The predicted octanol–water partition coefficient (Wildman–Crippen LogP) is 4.23. The number of halogens is 2. The summed E-state index contributed by atoms with van der Waals surface area (Å²) in [5.74, 6) is -1.39. The molecular weight excluding hydrogens is 373 g/mol. The first-order chi connectivity index (χ1) is 10.3. The lowest BCUT2D eigenvalue weighted by molar-refractivity contribution is -0.140. The highest BCUT2D eigenvalue weighted by Gasteiger charge is 2.21. The van der Waals surface area contributed by atoms with Crippen molar-refractivity contribution in [1.82, 2.24) is 0 Å². The van der Waals surface area contributed by atoms with Crippen molar-refractivity contribution in [1.29, 1.82) is 0 Å². The lowest BCUT2D eigenvalue weighted by Crippen LogP contribution is -2.19. The van der Waals surface area contributed by atoms with E-state index >= 15 is 0 Å². The van der Waals surface area contributed by atoms with Crippen LogP contribution in [0, 0.1) is 11.7 Å². The van der Waals surface area contributed by atoms with Crippen LogP contribution in [0.5, 0.6) is 0 Å². The first kappa shape index (κ1) is 19.0. The number of rotatable bonds is 6. The molecule has 0 aliphatic heterocycles. The number of benzene rings is 1. The zero-order valence-corrected chi connectivity index (χ0v) is 15.3. The summed E-state index contributed by atoms with van der Waals surface area (Å²) in [5, 5.41) is 2.16. The van der Waals surface area contributed by atoms with E-state index in [0.717, 1.165) is 0 Å². The van der Waals surface area contributed by atoms with Crippen LogP contribution >= 0.6 is 27.7 Å². The molecule has 0 saturated heterocycles. The third kappa shape index (κ3) is 4.98. The SMILES string of the molecule is CCC(Sc1cc(NC(=O)C(C)C)c(F)cc1Br)C(=O)OC. The molecule has 0 aliphatic rings. The van der Waals surface area contributed by atoms with Crippen molar-refractivity contribution in [3.63, 3.8) is 0 Å². The summed E-state index contributed by atoms with van der Waals surface area (Å²) in [6, 6.07) is 2.80. The number of hydrogen-bond donors (Lipinski definition) is 1. The van der Waals surface area contributed by atoms with Crippen LogP contribution in [0.25, 0.3) is 0 Å². The van der Waals surface area contributed by atoms with Crippen molar-refractivity contribution in [3.05, 3.63) is 22.4 Å². The van der Waals surface area contributed by atoms with Crippen molar-refractivity contribution in [2.45, 2.75) is 37.3 Å². The molecule has 1 unspecified atom stereocenters. The van der Waals surface area contributed by atoms with Gasteiger partial charge in [0.2, 0.25) is 5.91 Å². The highest BCUT2D eigenvalue weighted by atomic mass is 79.9. The molecule has 4 nitrogen and oxygen atoms in total. The monoisotopic (exact) mass is 391 g/mol. The van der Waals surface area contributed by atoms with Gasteiger partial charge in [-0.05, 0) is 34.5 Å². The van der Waals surface area contributed by atoms with Gasteiger partial charge in [0.1, 0.15) is 11.1 Å². The molecule has 1 aromatic rings. The zero-order chi connectivity index (χ0) is 16.9. The Kier molecular flexibility index (Phi) is 7.35. The molecular formula is C15H19BrFNO3S. The van der Waals surface area contributed by atoms with Crippen molar-refractivity contribution in [3.8, 4) is 0 Å². The molecule has 122 valence electrons. The van der Waals surface area contributed by atoms with E-state index in [-0.39, 0.29) is 28.7 Å². The van der Waals surface area contributed by atoms with Crippen LogP contribution in [0.3, 0.4) is 0 Å². The molecule has 0 saturated carbocycles. The van der Waals surface area contributed by atoms with E-state index in [4.69, 9.17) is 4.74 Å². The van der Waals surface area contributed by atoms with Gasteiger partial charge in [-0.1, -0.05) is 20.8 Å². The van der Waals surface area contributed by atoms with Crippen LogP contribution < -0.4 is 5.32 Å². The van der Waals surface area contributed by atoms with Gasteiger partial charge in [-0.15, -0.1) is 11.8 Å². The smallest absolute Gasteiger partial charge is 0.319 e. The second-order valence-corrected chi connectivity index (χ2v) is 7.04. The van der Waals surface area contributed by atoms with Gasteiger partial charge in [0.25, 0.3) is 0 Å². The summed E-state index contributed by atoms with van der Waals surface area (Å²) in [5.41, 5.74) is 0.101. The van der Waals surface area contributed by atoms with E-state index in [2.05, 4.69) is 21.2 Å². The average molecular weight is 392 g/mol. The van der Waals surface area contributed by atoms with Crippen molar-refractivity contribution < 1.29 is 18.7 Å². The summed E-state index contributed by atoms with van der Waals surface area (Å²) in [6.45, 7) is 5.33. The van der Waals surface area contributed by atoms with Gasteiger partial charge in [0.05, 0.1) is 12.8 Å². The fourth-order valence-corrected chi connectivity index (χ4v) is 3.19. The van der Waals surface area contributed by atoms with E-state index in [9.17, 15) is 14.0 Å². The van der Waals surface area contributed by atoms with Gasteiger partial charge in [-0.2, -0.15) is 0 Å². The number of carbonyl (C=O) groups is 2. The van der Waals surface area contributed by atoms with E-state index in [0.29, 0.717) is 15.8 Å². The standard InChI is InChI=1S/C15H19BrFNO3S/c1-5-12(15(20)21-4)22-13-7-11(10(17)6-9(13)16)18-14(19)8(2)3/h6-8,12H,5H2,1-4H3,(H,18,19). The van der Waals surface area contributed by atoms with E-state index in [1.54, 1.807) is 13.8 Å². The van der Waals surface area contributed by atoms with Gasteiger partial charge in [-0.25, -0.2) is 4.39 Å². The van der Waals surface area contributed by atoms with Crippen molar-refractivity contribution in [2.75, 3.05) is 12.4 Å². The number of thioether (sulfide) groups is 1. The average Bonchev–Trinajstić information content (AvgIpc) is 2.47. The van der Waals surface area contributed by atoms with Crippen molar-refractivity contribution >= 4 is 45.3 Å². The second kappa shape index (κ2) is 8.53. The van der Waals surface area contributed by atoms with Crippen LogP contribution in [0.4, 0.5) is 10.1 Å². The largest absolute Gasteiger partial charge is 0.468 e. The molecule has 0 fully saturated rings. The lowest BCUT2D eigenvalue weighted by Gasteiger charge is -2.15. The van der Waals surface area contributed by atoms with Crippen LogP contribution in [0.15, 0.2) is 21.5 Å². The zero-order valence-electron chi connectivity index (χ0n) is 12.9. The topological polar surface area (TPSA) is 55.4 Å². The van der Waals surface area contributed by atoms with Crippen LogP contribution in [-0.4, -0.2) is 24.2 Å². The fraction of sp³-hybridized carbons (Fsp3) is 0.467. The molecule has 0 bridgehead atoms. The Morgan fingerprint density at radius 1 is 1.41 bits per heavy atom. The number of hydrogen-bond acceptors (Lipinski definition) is 4. The second-order valence-electron chi connectivity index (χ2n) is 4.94. The van der Waals surface area contributed by atoms with E-state index in [1.807, 2.05) is 6.92 Å². The van der Waals surface area contributed by atoms with Crippen LogP contribution in [0.1, 0.15) is 27.2 Å². The fourth-order valence-electron chi connectivity index (χ4n) is 1.58. The summed E-state index contributed by atoms with van der Waals surface area (Å²) >= 11 is 4.55. The number of anilines is 1. The Hall–Kier alpha value is -1.08. The van der Waals surface area contributed by atoms with Gasteiger partial charge < -0.3 is 10.1 Å². The molecule has 22 heavy (non-hydrogen) atoms. The molecule has 1 atom stereocenters. The maximum atomic E-state index is 14.0.